The topological polar surface area (TPSA) is 98.3 Å². The molecule has 1 aromatic heterocycles. The summed E-state index contributed by atoms with van der Waals surface area (Å²) in [5.74, 6) is 1.27. The number of piperidine rings is 1. The average Bonchev–Trinajstić information content (AvgIpc) is 3.04. The van der Waals surface area contributed by atoms with Gasteiger partial charge in [0.05, 0.1) is 36.9 Å². The molecule has 6 rings (SSSR count). The minimum Gasteiger partial charge on any atom is -0.490 e. The second-order valence-corrected chi connectivity index (χ2v) is 11.9. The van der Waals surface area contributed by atoms with Gasteiger partial charge in [-0.05, 0) is 69.6 Å². The number of anilines is 2. The third-order valence-corrected chi connectivity index (χ3v) is 8.81. The van der Waals surface area contributed by atoms with Gasteiger partial charge in [-0.3, -0.25) is 9.69 Å². The summed E-state index contributed by atoms with van der Waals surface area (Å²) in [6.07, 6.45) is 7.24. The molecule has 0 amide bonds. The molecule has 10 nitrogen and oxygen atoms in total. The molecular weight excluding hydrogens is 589 g/mol. The van der Waals surface area contributed by atoms with Gasteiger partial charge in [-0.1, -0.05) is 11.6 Å². The number of nitrogens with zero attached hydrogens (tertiary/aromatic N) is 4. The summed E-state index contributed by atoms with van der Waals surface area (Å²) in [5, 5.41) is 4.02. The van der Waals surface area contributed by atoms with Crippen LogP contribution in [0, 0.1) is 5.82 Å². The number of cyclic esters (lactones) is 1. The molecule has 0 radical (unpaired) electrons. The third-order valence-electron chi connectivity index (χ3n) is 8.52. The normalized spacial score (nSPS) is 19.2. The number of aromatic nitrogens is 2. The Bertz CT molecular complexity index is 1430. The van der Waals surface area contributed by atoms with Crippen LogP contribution >= 0.6 is 11.6 Å². The van der Waals surface area contributed by atoms with Gasteiger partial charge < -0.3 is 29.2 Å². The largest absolute Gasteiger partial charge is 0.490 e. The maximum atomic E-state index is 13.7. The van der Waals surface area contributed by atoms with Crippen LogP contribution in [-0.4, -0.2) is 97.0 Å². The highest BCUT2D eigenvalue weighted by atomic mass is 35.5. The molecule has 12 heteroatoms. The van der Waals surface area contributed by atoms with Crippen molar-refractivity contribution in [3.05, 3.63) is 47.5 Å². The Morgan fingerprint density at radius 2 is 1.84 bits per heavy atom. The Labute approximate surface area is 261 Å². The highest BCUT2D eigenvalue weighted by Gasteiger charge is 2.28. The predicted molar refractivity (Wildman–Crippen MR) is 165 cm³/mol. The lowest BCUT2D eigenvalue weighted by molar-refractivity contribution is -0.152. The van der Waals surface area contributed by atoms with Crippen molar-refractivity contribution in [3.8, 4) is 11.5 Å². The number of carbonyl (C=O) groups is 1. The number of halogens is 2. The van der Waals surface area contributed by atoms with Crippen molar-refractivity contribution < 1.29 is 28.1 Å². The summed E-state index contributed by atoms with van der Waals surface area (Å²) in [6, 6.07) is 8.73. The van der Waals surface area contributed by atoms with Gasteiger partial charge in [0.25, 0.3) is 0 Å². The smallest absolute Gasteiger partial charge is 0.320 e. The van der Waals surface area contributed by atoms with Gasteiger partial charge in [0, 0.05) is 42.6 Å². The monoisotopic (exact) mass is 627 g/mol. The van der Waals surface area contributed by atoms with Crippen LogP contribution in [0.15, 0.2) is 36.7 Å². The number of esters is 1. The molecule has 2 aromatic carbocycles. The lowest BCUT2D eigenvalue weighted by Crippen LogP contribution is -2.50. The zero-order chi connectivity index (χ0) is 30.3. The van der Waals surface area contributed by atoms with Crippen LogP contribution in [-0.2, 0) is 14.3 Å². The summed E-state index contributed by atoms with van der Waals surface area (Å²) >= 11 is 6.00. The Morgan fingerprint density at radius 3 is 2.64 bits per heavy atom. The number of nitrogens with one attached hydrogen (secondary N) is 1. The standard InChI is InChI=1S/C32H39ClFN5O5/c33-26-17-22(3-4-27(26)34)37-32-25-18-29(30(19-28(25)35-21-36-32)44-24-7-14-41-15-8-24)42-13-2-1-9-38-10-5-23(6-11-38)39-12-16-43-31(40)20-39/h3-4,17-19,21,23-24H,1-2,5-16,20H2,(H,35,36,37). The Morgan fingerprint density at radius 1 is 1.00 bits per heavy atom. The summed E-state index contributed by atoms with van der Waals surface area (Å²) < 4.78 is 37.1. The summed E-state index contributed by atoms with van der Waals surface area (Å²) in [5.41, 5.74) is 1.32. The molecule has 1 N–H and O–H groups in total. The van der Waals surface area contributed by atoms with Crippen molar-refractivity contribution in [1.29, 1.82) is 0 Å². The first-order chi connectivity index (χ1) is 21.5. The van der Waals surface area contributed by atoms with Crippen LogP contribution in [0.5, 0.6) is 11.5 Å². The number of hydrogen-bond acceptors (Lipinski definition) is 10. The van der Waals surface area contributed by atoms with E-state index in [4.69, 9.17) is 30.5 Å². The van der Waals surface area contributed by atoms with Crippen molar-refractivity contribution in [2.75, 3.05) is 64.5 Å². The minimum absolute atomic E-state index is 0.0301. The highest BCUT2D eigenvalue weighted by Crippen LogP contribution is 2.37. The van der Waals surface area contributed by atoms with Crippen LogP contribution in [0.4, 0.5) is 15.9 Å². The number of rotatable bonds is 11. The number of hydrogen-bond donors (Lipinski definition) is 1. The van der Waals surface area contributed by atoms with Gasteiger partial charge in [0.2, 0.25) is 0 Å². The molecule has 3 fully saturated rings. The fourth-order valence-electron chi connectivity index (χ4n) is 6.06. The van der Waals surface area contributed by atoms with Gasteiger partial charge in [-0.15, -0.1) is 0 Å². The maximum absolute atomic E-state index is 13.7. The zero-order valence-electron chi connectivity index (χ0n) is 24.8. The van der Waals surface area contributed by atoms with Gasteiger partial charge in [-0.25, -0.2) is 14.4 Å². The first-order valence-electron chi connectivity index (χ1n) is 15.5. The van der Waals surface area contributed by atoms with Crippen LogP contribution in [0.1, 0.15) is 38.5 Å². The van der Waals surface area contributed by atoms with E-state index >= 15 is 0 Å². The third kappa shape index (κ3) is 7.87. The lowest BCUT2D eigenvalue weighted by Gasteiger charge is -2.39. The maximum Gasteiger partial charge on any atom is 0.320 e. The van der Waals surface area contributed by atoms with E-state index in [1.807, 2.05) is 12.1 Å². The van der Waals surface area contributed by atoms with Crippen molar-refractivity contribution in [2.24, 2.45) is 0 Å². The van der Waals surface area contributed by atoms with Gasteiger partial charge in [-0.2, -0.15) is 0 Å². The lowest BCUT2D eigenvalue weighted by atomic mass is 10.0. The molecule has 0 bridgehead atoms. The number of morpholine rings is 1. The number of benzene rings is 2. The van der Waals surface area contributed by atoms with E-state index in [-0.39, 0.29) is 17.1 Å². The molecule has 0 saturated carbocycles. The molecule has 3 aliphatic rings. The van der Waals surface area contributed by atoms with Crippen molar-refractivity contribution in [2.45, 2.75) is 50.7 Å². The zero-order valence-corrected chi connectivity index (χ0v) is 25.6. The van der Waals surface area contributed by atoms with E-state index in [0.29, 0.717) is 67.5 Å². The molecule has 3 aliphatic heterocycles. The molecule has 4 heterocycles. The fraction of sp³-hybridized carbons (Fsp3) is 0.531. The van der Waals surface area contributed by atoms with E-state index in [2.05, 4.69) is 25.1 Å². The molecule has 0 spiro atoms. The number of fused-ring (bicyclic) bond motifs is 1. The predicted octanol–water partition coefficient (Wildman–Crippen LogP) is 5.21. The molecule has 0 aliphatic carbocycles. The number of unbranched alkanes of at least 4 members (excludes halogenated alkanes) is 1. The quantitative estimate of drug-likeness (QED) is 0.225. The fourth-order valence-corrected chi connectivity index (χ4v) is 6.24. The summed E-state index contributed by atoms with van der Waals surface area (Å²) in [7, 11) is 0. The molecular formula is C32H39ClFN5O5. The van der Waals surface area contributed by atoms with Crippen LogP contribution in [0.3, 0.4) is 0 Å². The van der Waals surface area contributed by atoms with Crippen molar-refractivity contribution >= 4 is 40.0 Å². The first kappa shape index (κ1) is 30.8. The molecule has 3 aromatic rings. The van der Waals surface area contributed by atoms with Crippen LogP contribution in [0.2, 0.25) is 5.02 Å². The van der Waals surface area contributed by atoms with E-state index < -0.39 is 5.82 Å². The molecule has 0 atom stereocenters. The van der Waals surface area contributed by atoms with Crippen LogP contribution < -0.4 is 14.8 Å². The first-order valence-corrected chi connectivity index (χ1v) is 15.9. The number of likely N-dealkylation sites (tertiary alicyclic amines) is 1. The van der Waals surface area contributed by atoms with Crippen LogP contribution in [0.25, 0.3) is 10.9 Å². The second-order valence-electron chi connectivity index (χ2n) is 11.5. The summed E-state index contributed by atoms with van der Waals surface area (Å²) in [4.78, 5) is 25.4. The summed E-state index contributed by atoms with van der Waals surface area (Å²) in [6.45, 7) is 6.76. The second kappa shape index (κ2) is 14.7. The van der Waals surface area contributed by atoms with E-state index in [1.165, 1.54) is 18.5 Å². The molecule has 236 valence electrons. The number of carbonyl (C=O) groups excluding carboxylic acids is 1. The Hall–Kier alpha value is -3.25. The van der Waals surface area contributed by atoms with Gasteiger partial charge in [0.1, 0.15) is 30.7 Å². The number of ether oxygens (including phenoxy) is 4. The molecule has 3 saturated heterocycles. The average molecular weight is 628 g/mol. The molecule has 0 unspecified atom stereocenters. The minimum atomic E-state index is -0.481. The van der Waals surface area contributed by atoms with E-state index in [9.17, 15) is 9.18 Å². The van der Waals surface area contributed by atoms with E-state index in [0.717, 1.165) is 70.1 Å². The van der Waals surface area contributed by atoms with Gasteiger partial charge in [0.15, 0.2) is 11.5 Å². The highest BCUT2D eigenvalue weighted by molar-refractivity contribution is 6.31. The van der Waals surface area contributed by atoms with Gasteiger partial charge >= 0.3 is 5.97 Å². The SMILES string of the molecule is O=C1CN(C2CCN(CCCCOc3cc4c(Nc5ccc(F)c(Cl)c5)ncnc4cc3OC3CCOCC3)CC2)CCO1. The van der Waals surface area contributed by atoms with E-state index in [1.54, 1.807) is 6.07 Å². The van der Waals surface area contributed by atoms with Crippen molar-refractivity contribution in [1.82, 2.24) is 19.8 Å². The Kier molecular flexibility index (Phi) is 10.3. The van der Waals surface area contributed by atoms with Crippen molar-refractivity contribution in [3.63, 3.8) is 0 Å². The Balaban J connectivity index is 1.08. The molecule has 44 heavy (non-hydrogen) atoms.